The van der Waals surface area contributed by atoms with E-state index in [1.54, 1.807) is 6.20 Å². The van der Waals surface area contributed by atoms with Crippen LogP contribution in [0.4, 0.5) is 0 Å². The van der Waals surface area contributed by atoms with Crippen LogP contribution in [0.3, 0.4) is 0 Å². The van der Waals surface area contributed by atoms with Crippen LogP contribution in [0.25, 0.3) is 0 Å². The minimum atomic E-state index is 0.621. The van der Waals surface area contributed by atoms with Gasteiger partial charge in [0.2, 0.25) is 0 Å². The molecule has 1 fully saturated rings. The molecule has 1 saturated carbocycles. The van der Waals surface area contributed by atoms with E-state index in [9.17, 15) is 0 Å². The molecule has 0 saturated heterocycles. The van der Waals surface area contributed by atoms with Gasteiger partial charge >= 0.3 is 0 Å². The molecule has 20 heavy (non-hydrogen) atoms. The lowest BCUT2D eigenvalue weighted by molar-refractivity contribution is 0.289. The molecule has 1 heterocycles. The zero-order valence-corrected chi connectivity index (χ0v) is 14.0. The van der Waals surface area contributed by atoms with Crippen LogP contribution in [0.15, 0.2) is 23.4 Å². The number of pyridine rings is 1. The summed E-state index contributed by atoms with van der Waals surface area (Å²) >= 11 is 7.83. The summed E-state index contributed by atoms with van der Waals surface area (Å²) in [5, 5.41) is 6.10. The Morgan fingerprint density at radius 2 is 2.20 bits per heavy atom. The lowest BCUT2D eigenvalue weighted by Gasteiger charge is -2.36. The summed E-state index contributed by atoms with van der Waals surface area (Å²) in [6.07, 6.45) is 8.39. The molecule has 0 aromatic carbocycles. The monoisotopic (exact) mass is 312 g/mol. The summed E-state index contributed by atoms with van der Waals surface area (Å²) in [5.74, 6) is 0.889. The number of hydrogen-bond donors (Lipinski definition) is 1. The standard InChI is InChI=1S/C16H25ClN2S/c1-3-5-12-6-8-14(18-4-2)15(10-12)20-16-9-7-13(17)11-19-16/h7,9,11-12,14-15,18H,3-6,8,10H2,1-2H3. The number of halogens is 1. The first-order valence-electron chi connectivity index (χ1n) is 7.74. The number of hydrogen-bond acceptors (Lipinski definition) is 3. The van der Waals surface area contributed by atoms with Gasteiger partial charge in [-0.3, -0.25) is 0 Å². The molecule has 0 amide bonds. The Kier molecular flexibility index (Phi) is 6.66. The first kappa shape index (κ1) is 16.1. The van der Waals surface area contributed by atoms with Crippen molar-refractivity contribution in [2.75, 3.05) is 6.54 Å². The molecule has 1 N–H and O–H groups in total. The number of rotatable bonds is 6. The lowest BCUT2D eigenvalue weighted by Crippen LogP contribution is -2.42. The minimum absolute atomic E-state index is 0.621. The highest BCUT2D eigenvalue weighted by Crippen LogP contribution is 2.37. The highest BCUT2D eigenvalue weighted by atomic mass is 35.5. The van der Waals surface area contributed by atoms with E-state index in [0.717, 1.165) is 17.5 Å². The maximum atomic E-state index is 5.91. The Balaban J connectivity index is 2.00. The lowest BCUT2D eigenvalue weighted by atomic mass is 9.83. The van der Waals surface area contributed by atoms with Crippen LogP contribution in [-0.4, -0.2) is 22.8 Å². The molecule has 112 valence electrons. The summed E-state index contributed by atoms with van der Waals surface area (Å²) in [5.41, 5.74) is 0. The minimum Gasteiger partial charge on any atom is -0.313 e. The highest BCUT2D eigenvalue weighted by molar-refractivity contribution is 7.99. The summed E-state index contributed by atoms with van der Waals surface area (Å²) in [6, 6.07) is 4.60. The Hall–Kier alpha value is -0.250. The van der Waals surface area contributed by atoms with Crippen molar-refractivity contribution < 1.29 is 0 Å². The second-order valence-corrected chi connectivity index (χ2v) is 7.30. The maximum absolute atomic E-state index is 5.91. The van der Waals surface area contributed by atoms with Gasteiger partial charge in [0.15, 0.2) is 0 Å². The predicted molar refractivity (Wildman–Crippen MR) is 88.6 cm³/mol. The third kappa shape index (κ3) is 4.64. The molecule has 1 aromatic heterocycles. The van der Waals surface area contributed by atoms with Crippen LogP contribution in [0.1, 0.15) is 46.0 Å². The Bertz CT molecular complexity index is 396. The maximum Gasteiger partial charge on any atom is 0.0964 e. The fourth-order valence-corrected chi connectivity index (χ4v) is 4.54. The van der Waals surface area contributed by atoms with Crippen molar-refractivity contribution in [3.05, 3.63) is 23.4 Å². The van der Waals surface area contributed by atoms with Gasteiger partial charge in [0.05, 0.1) is 10.0 Å². The van der Waals surface area contributed by atoms with E-state index in [2.05, 4.69) is 24.1 Å². The van der Waals surface area contributed by atoms with E-state index in [4.69, 9.17) is 11.6 Å². The summed E-state index contributed by atoms with van der Waals surface area (Å²) < 4.78 is 0. The molecule has 4 heteroatoms. The highest BCUT2D eigenvalue weighted by Gasteiger charge is 2.30. The van der Waals surface area contributed by atoms with Gasteiger partial charge in [-0.05, 0) is 43.9 Å². The van der Waals surface area contributed by atoms with Crippen molar-refractivity contribution in [3.8, 4) is 0 Å². The Morgan fingerprint density at radius 3 is 2.85 bits per heavy atom. The SMILES string of the molecule is CCCC1CCC(NCC)C(Sc2ccc(Cl)cn2)C1. The zero-order chi connectivity index (χ0) is 14.4. The second-order valence-electron chi connectivity index (χ2n) is 5.60. The van der Waals surface area contributed by atoms with E-state index in [0.29, 0.717) is 16.3 Å². The number of nitrogens with zero attached hydrogens (tertiary/aromatic N) is 1. The van der Waals surface area contributed by atoms with Crippen LogP contribution in [0, 0.1) is 5.92 Å². The van der Waals surface area contributed by atoms with E-state index in [1.807, 2.05) is 23.9 Å². The smallest absolute Gasteiger partial charge is 0.0964 e. The third-order valence-corrected chi connectivity index (χ3v) is 5.57. The number of aromatic nitrogens is 1. The quantitative estimate of drug-likeness (QED) is 0.818. The molecular weight excluding hydrogens is 288 g/mol. The van der Waals surface area contributed by atoms with Crippen molar-refractivity contribution in [1.29, 1.82) is 0 Å². The zero-order valence-electron chi connectivity index (χ0n) is 12.4. The molecule has 1 aliphatic carbocycles. The van der Waals surface area contributed by atoms with Crippen LogP contribution in [-0.2, 0) is 0 Å². The van der Waals surface area contributed by atoms with Crippen LogP contribution >= 0.6 is 23.4 Å². The van der Waals surface area contributed by atoms with Gasteiger partial charge in [-0.2, -0.15) is 0 Å². The van der Waals surface area contributed by atoms with Crippen LogP contribution in [0.2, 0.25) is 5.02 Å². The molecule has 0 spiro atoms. The van der Waals surface area contributed by atoms with E-state index >= 15 is 0 Å². The fourth-order valence-electron chi connectivity index (χ4n) is 3.10. The number of thioether (sulfide) groups is 1. The Morgan fingerprint density at radius 1 is 1.35 bits per heavy atom. The van der Waals surface area contributed by atoms with Gasteiger partial charge in [-0.1, -0.05) is 38.3 Å². The third-order valence-electron chi connectivity index (χ3n) is 4.04. The molecule has 3 unspecified atom stereocenters. The van der Waals surface area contributed by atoms with Gasteiger partial charge in [0, 0.05) is 17.5 Å². The summed E-state index contributed by atoms with van der Waals surface area (Å²) in [4.78, 5) is 4.44. The van der Waals surface area contributed by atoms with E-state index < -0.39 is 0 Å². The van der Waals surface area contributed by atoms with Crippen molar-refractivity contribution in [1.82, 2.24) is 10.3 Å². The van der Waals surface area contributed by atoms with E-state index in [1.165, 1.54) is 32.1 Å². The largest absolute Gasteiger partial charge is 0.313 e. The normalized spacial score (nSPS) is 26.6. The number of nitrogens with one attached hydrogen (secondary N) is 1. The molecule has 2 nitrogen and oxygen atoms in total. The molecule has 2 rings (SSSR count). The average molecular weight is 313 g/mol. The van der Waals surface area contributed by atoms with Gasteiger partial charge in [-0.25, -0.2) is 4.98 Å². The first-order valence-corrected chi connectivity index (χ1v) is 9.00. The fraction of sp³-hybridized carbons (Fsp3) is 0.688. The topological polar surface area (TPSA) is 24.9 Å². The molecule has 0 radical (unpaired) electrons. The van der Waals surface area contributed by atoms with Gasteiger partial charge in [0.25, 0.3) is 0 Å². The Labute approximate surface area is 132 Å². The van der Waals surface area contributed by atoms with Gasteiger partial charge in [-0.15, -0.1) is 11.8 Å². The van der Waals surface area contributed by atoms with E-state index in [-0.39, 0.29) is 0 Å². The summed E-state index contributed by atoms with van der Waals surface area (Å²) in [7, 11) is 0. The van der Waals surface area contributed by atoms with Crippen LogP contribution < -0.4 is 5.32 Å². The molecule has 1 aromatic rings. The molecule has 3 atom stereocenters. The summed E-state index contributed by atoms with van der Waals surface area (Å²) in [6.45, 7) is 5.54. The van der Waals surface area contributed by atoms with Gasteiger partial charge in [0.1, 0.15) is 0 Å². The molecule has 0 bridgehead atoms. The predicted octanol–water partition coefficient (Wildman–Crippen LogP) is 4.77. The van der Waals surface area contributed by atoms with Crippen LogP contribution in [0.5, 0.6) is 0 Å². The van der Waals surface area contributed by atoms with Crippen molar-refractivity contribution in [2.45, 2.75) is 62.3 Å². The molecule has 0 aliphatic heterocycles. The van der Waals surface area contributed by atoms with Crippen molar-refractivity contribution >= 4 is 23.4 Å². The molecule has 1 aliphatic rings. The second kappa shape index (κ2) is 8.26. The van der Waals surface area contributed by atoms with Crippen molar-refractivity contribution in [3.63, 3.8) is 0 Å². The average Bonchev–Trinajstić information content (AvgIpc) is 2.45. The molecular formula is C16H25ClN2S. The van der Waals surface area contributed by atoms with Crippen molar-refractivity contribution in [2.24, 2.45) is 5.92 Å². The first-order chi connectivity index (χ1) is 9.72. The van der Waals surface area contributed by atoms with Gasteiger partial charge < -0.3 is 5.32 Å².